The second-order valence-electron chi connectivity index (χ2n) is 7.43. The number of para-hydroxylation sites is 1. The van der Waals surface area contributed by atoms with E-state index < -0.39 is 5.97 Å². The van der Waals surface area contributed by atoms with Gasteiger partial charge in [0.25, 0.3) is 0 Å². The number of nitrogens with zero attached hydrogens (tertiary/aromatic N) is 3. The summed E-state index contributed by atoms with van der Waals surface area (Å²) in [5.74, 6) is 0.155. The fourth-order valence-corrected chi connectivity index (χ4v) is 5.20. The van der Waals surface area contributed by atoms with Crippen LogP contribution < -0.4 is 10.1 Å². The van der Waals surface area contributed by atoms with Crippen LogP contribution in [0.5, 0.6) is 5.75 Å². The molecule has 4 aromatic rings. The number of rotatable bonds is 10. The number of carbonyl (C=O) groups is 2. The zero-order valence-electron chi connectivity index (χ0n) is 19.6. The number of carbonyl (C=O) groups excluding carboxylic acids is 2. The van der Waals surface area contributed by atoms with E-state index in [0.717, 1.165) is 5.75 Å². The standard InChI is InChI=1S/C25H23FN4O4S2/c1-3-30-20(13-34-18-7-5-4-6-8-18)28-29-25(30)36-15-21(31)27-23-22(24(32)33-2)19(14-35-23)16-9-11-17(26)12-10-16/h4-12,14H,3,13,15H2,1-2H3,(H,27,31). The van der Waals surface area contributed by atoms with Gasteiger partial charge in [0.2, 0.25) is 5.91 Å². The van der Waals surface area contributed by atoms with Crippen molar-refractivity contribution in [3.05, 3.63) is 77.2 Å². The topological polar surface area (TPSA) is 95.3 Å². The Morgan fingerprint density at radius 3 is 2.56 bits per heavy atom. The number of aromatic nitrogens is 3. The van der Waals surface area contributed by atoms with Crippen molar-refractivity contribution in [1.29, 1.82) is 0 Å². The van der Waals surface area contributed by atoms with Crippen LogP contribution in [-0.4, -0.2) is 39.5 Å². The first kappa shape index (κ1) is 25.4. The number of thioether (sulfide) groups is 1. The van der Waals surface area contributed by atoms with Gasteiger partial charge in [0.1, 0.15) is 28.7 Å². The number of methoxy groups -OCH3 is 1. The summed E-state index contributed by atoms with van der Waals surface area (Å²) in [7, 11) is 1.27. The van der Waals surface area contributed by atoms with Crippen molar-refractivity contribution in [3.8, 4) is 16.9 Å². The first-order valence-corrected chi connectivity index (χ1v) is 12.8. The Kier molecular flexibility index (Phi) is 8.34. The number of halogens is 1. The number of anilines is 1. The van der Waals surface area contributed by atoms with Crippen LogP contribution >= 0.6 is 23.1 Å². The van der Waals surface area contributed by atoms with Crippen molar-refractivity contribution < 1.29 is 23.5 Å². The number of hydrogen-bond donors (Lipinski definition) is 1. The number of thiophene rings is 1. The van der Waals surface area contributed by atoms with Gasteiger partial charge >= 0.3 is 5.97 Å². The summed E-state index contributed by atoms with van der Waals surface area (Å²) in [5, 5.41) is 13.9. The monoisotopic (exact) mass is 526 g/mol. The Bertz CT molecular complexity index is 1340. The van der Waals surface area contributed by atoms with Gasteiger partial charge in [0, 0.05) is 17.5 Å². The quantitative estimate of drug-likeness (QED) is 0.222. The Labute approximate surface area is 215 Å². The molecule has 0 aliphatic rings. The number of hydrogen-bond acceptors (Lipinski definition) is 8. The summed E-state index contributed by atoms with van der Waals surface area (Å²) in [6.45, 7) is 2.83. The van der Waals surface area contributed by atoms with Crippen molar-refractivity contribution in [1.82, 2.24) is 14.8 Å². The highest BCUT2D eigenvalue weighted by Gasteiger charge is 2.23. The van der Waals surface area contributed by atoms with Gasteiger partial charge < -0.3 is 19.4 Å². The van der Waals surface area contributed by atoms with Crippen LogP contribution in [0.1, 0.15) is 23.1 Å². The van der Waals surface area contributed by atoms with Gasteiger partial charge in [-0.2, -0.15) is 0 Å². The molecule has 2 heterocycles. The molecule has 0 saturated carbocycles. The normalized spacial score (nSPS) is 10.8. The minimum atomic E-state index is -0.590. The van der Waals surface area contributed by atoms with E-state index >= 15 is 0 Å². The molecule has 2 aromatic heterocycles. The van der Waals surface area contributed by atoms with Gasteiger partial charge in [0.15, 0.2) is 11.0 Å². The van der Waals surface area contributed by atoms with Gasteiger partial charge in [-0.1, -0.05) is 42.1 Å². The van der Waals surface area contributed by atoms with Gasteiger partial charge in [-0.15, -0.1) is 21.5 Å². The van der Waals surface area contributed by atoms with Crippen LogP contribution in [0, 0.1) is 5.82 Å². The van der Waals surface area contributed by atoms with Crippen molar-refractivity contribution >= 4 is 40.0 Å². The zero-order chi connectivity index (χ0) is 25.5. The molecule has 2 aromatic carbocycles. The third kappa shape index (κ3) is 5.92. The van der Waals surface area contributed by atoms with Crippen molar-refractivity contribution in [2.24, 2.45) is 0 Å². The predicted molar refractivity (Wildman–Crippen MR) is 137 cm³/mol. The minimum absolute atomic E-state index is 0.0576. The summed E-state index contributed by atoms with van der Waals surface area (Å²) in [6.07, 6.45) is 0. The summed E-state index contributed by atoms with van der Waals surface area (Å²) in [6, 6.07) is 15.2. The number of ether oxygens (including phenoxy) is 2. The van der Waals surface area contributed by atoms with Crippen LogP contribution in [0.25, 0.3) is 11.1 Å². The molecule has 1 amide bonds. The Morgan fingerprint density at radius 2 is 1.86 bits per heavy atom. The van der Waals surface area contributed by atoms with E-state index in [1.165, 1.54) is 42.3 Å². The summed E-state index contributed by atoms with van der Waals surface area (Å²) in [5.41, 5.74) is 1.43. The Hall–Kier alpha value is -3.70. The van der Waals surface area contributed by atoms with E-state index in [9.17, 15) is 14.0 Å². The first-order chi connectivity index (χ1) is 17.5. The van der Waals surface area contributed by atoms with Crippen molar-refractivity contribution in [3.63, 3.8) is 0 Å². The van der Waals surface area contributed by atoms with Crippen LogP contribution in [-0.2, 0) is 22.7 Å². The lowest BCUT2D eigenvalue weighted by Crippen LogP contribution is -2.16. The third-order valence-corrected chi connectivity index (χ3v) is 7.00. The SMILES string of the molecule is CCn1c(COc2ccccc2)nnc1SCC(=O)Nc1scc(-c2ccc(F)cc2)c1C(=O)OC. The number of benzene rings is 2. The average molecular weight is 527 g/mol. The maximum Gasteiger partial charge on any atom is 0.341 e. The van der Waals surface area contributed by atoms with E-state index in [1.54, 1.807) is 17.5 Å². The smallest absolute Gasteiger partial charge is 0.341 e. The maximum absolute atomic E-state index is 13.3. The lowest BCUT2D eigenvalue weighted by molar-refractivity contribution is -0.113. The zero-order valence-corrected chi connectivity index (χ0v) is 21.2. The molecule has 0 atom stereocenters. The highest BCUT2D eigenvalue weighted by Crippen LogP contribution is 2.36. The van der Waals surface area contributed by atoms with Gasteiger partial charge in [-0.05, 0) is 36.8 Å². The molecule has 36 heavy (non-hydrogen) atoms. The second kappa shape index (κ2) is 11.8. The lowest BCUT2D eigenvalue weighted by Gasteiger charge is -2.09. The van der Waals surface area contributed by atoms with Crippen LogP contribution in [0.4, 0.5) is 9.39 Å². The molecule has 0 radical (unpaired) electrons. The van der Waals surface area contributed by atoms with Gasteiger partial charge in [-0.25, -0.2) is 9.18 Å². The highest BCUT2D eigenvalue weighted by atomic mass is 32.2. The lowest BCUT2D eigenvalue weighted by atomic mass is 10.0. The number of esters is 1. The molecule has 8 nitrogen and oxygen atoms in total. The Morgan fingerprint density at radius 1 is 1.11 bits per heavy atom. The molecule has 0 aliphatic carbocycles. The van der Waals surface area contributed by atoms with Crippen molar-refractivity contribution in [2.75, 3.05) is 18.2 Å². The van der Waals surface area contributed by atoms with E-state index in [0.29, 0.717) is 33.7 Å². The number of amides is 1. The highest BCUT2D eigenvalue weighted by molar-refractivity contribution is 7.99. The van der Waals surface area contributed by atoms with E-state index in [4.69, 9.17) is 9.47 Å². The van der Waals surface area contributed by atoms with Crippen LogP contribution in [0.2, 0.25) is 0 Å². The van der Waals surface area contributed by atoms with Crippen LogP contribution in [0.3, 0.4) is 0 Å². The van der Waals surface area contributed by atoms with Crippen molar-refractivity contribution in [2.45, 2.75) is 25.2 Å². The molecule has 0 fully saturated rings. The van der Waals surface area contributed by atoms with E-state index in [1.807, 2.05) is 41.8 Å². The third-order valence-electron chi connectivity index (χ3n) is 5.14. The molecule has 0 unspecified atom stereocenters. The summed E-state index contributed by atoms with van der Waals surface area (Å²) >= 11 is 2.43. The van der Waals surface area contributed by atoms with Crippen LogP contribution in [0.15, 0.2) is 65.1 Å². The molecule has 0 saturated heterocycles. The first-order valence-electron chi connectivity index (χ1n) is 11.0. The van der Waals surface area contributed by atoms with E-state index in [2.05, 4.69) is 15.5 Å². The van der Waals surface area contributed by atoms with Gasteiger partial charge in [-0.3, -0.25) is 4.79 Å². The predicted octanol–water partition coefficient (Wildman–Crippen LogP) is 5.26. The molecule has 0 bridgehead atoms. The maximum atomic E-state index is 13.3. The summed E-state index contributed by atoms with van der Waals surface area (Å²) in [4.78, 5) is 25.2. The molecular weight excluding hydrogens is 503 g/mol. The largest absolute Gasteiger partial charge is 0.486 e. The summed E-state index contributed by atoms with van der Waals surface area (Å²) < 4.78 is 25.9. The minimum Gasteiger partial charge on any atom is -0.486 e. The molecule has 11 heteroatoms. The Balaban J connectivity index is 1.43. The molecule has 0 aliphatic heterocycles. The van der Waals surface area contributed by atoms with Gasteiger partial charge in [0.05, 0.1) is 12.9 Å². The average Bonchev–Trinajstić information content (AvgIpc) is 3.50. The molecule has 186 valence electrons. The molecule has 0 spiro atoms. The number of nitrogens with one attached hydrogen (secondary N) is 1. The van der Waals surface area contributed by atoms with E-state index in [-0.39, 0.29) is 29.6 Å². The fourth-order valence-electron chi connectivity index (χ4n) is 3.40. The molecule has 4 rings (SSSR count). The molecule has 1 N–H and O–H groups in total. The molecular formula is C25H23FN4O4S2. The fraction of sp³-hybridized carbons (Fsp3) is 0.200. The second-order valence-corrected chi connectivity index (χ2v) is 9.26.